The van der Waals surface area contributed by atoms with Gasteiger partial charge in [-0.15, -0.1) is 0 Å². The van der Waals surface area contributed by atoms with Gasteiger partial charge in [-0.05, 0) is 120 Å². The Kier molecular flexibility index (Phi) is 21.6. The zero-order chi connectivity index (χ0) is 22.8. The van der Waals surface area contributed by atoms with E-state index in [2.05, 4.69) is 91.8 Å². The number of rotatable bonds is 15. The molecule has 0 saturated carbocycles. The fourth-order valence-electron chi connectivity index (χ4n) is 3.34. The van der Waals surface area contributed by atoms with Gasteiger partial charge in [0.15, 0.2) is 0 Å². The molecule has 31 heavy (non-hydrogen) atoms. The van der Waals surface area contributed by atoms with E-state index in [1.807, 2.05) is 0 Å². The van der Waals surface area contributed by atoms with Crippen molar-refractivity contribution >= 4 is 17.1 Å². The summed E-state index contributed by atoms with van der Waals surface area (Å²) in [5.74, 6) is 0. The van der Waals surface area contributed by atoms with E-state index in [9.17, 15) is 0 Å². The molecular formula is C30H50Se. The summed E-state index contributed by atoms with van der Waals surface area (Å²) in [6.07, 6.45) is 26.2. The molecule has 0 spiro atoms. The van der Waals surface area contributed by atoms with Crippen LogP contribution in [0.5, 0.6) is 0 Å². The van der Waals surface area contributed by atoms with Crippen molar-refractivity contribution in [1.82, 2.24) is 0 Å². The minimum absolute atomic E-state index is 0. The van der Waals surface area contributed by atoms with Gasteiger partial charge in [-0.25, -0.2) is 0 Å². The summed E-state index contributed by atoms with van der Waals surface area (Å²) in [7, 11) is 0. The maximum Gasteiger partial charge on any atom is 0 e. The normalized spacial score (nSPS) is 13.0. The minimum atomic E-state index is 0. The zero-order valence-electron chi connectivity index (χ0n) is 21.9. The maximum absolute atomic E-state index is 2.43. The molecule has 0 saturated heterocycles. The molecule has 0 atom stereocenters. The van der Waals surface area contributed by atoms with E-state index < -0.39 is 0 Å². The van der Waals surface area contributed by atoms with Gasteiger partial charge in [-0.3, -0.25) is 0 Å². The van der Waals surface area contributed by atoms with Crippen LogP contribution in [-0.2, 0) is 0 Å². The predicted molar refractivity (Wildman–Crippen MR) is 146 cm³/mol. The van der Waals surface area contributed by atoms with E-state index >= 15 is 0 Å². The molecule has 0 aromatic heterocycles. The molecule has 0 unspecified atom stereocenters. The Bertz CT molecular complexity index is 584. The van der Waals surface area contributed by atoms with Crippen molar-refractivity contribution in [2.24, 2.45) is 0 Å². The second kappa shape index (κ2) is 20.8. The molecule has 0 rings (SSSR count). The van der Waals surface area contributed by atoms with Gasteiger partial charge in [-0.2, -0.15) is 0 Å². The molecule has 1 heteroatoms. The first-order valence-electron chi connectivity index (χ1n) is 12.1. The molecule has 0 aromatic rings. The summed E-state index contributed by atoms with van der Waals surface area (Å²) < 4.78 is 0. The molecule has 0 amide bonds. The topological polar surface area (TPSA) is 0 Å². The zero-order valence-corrected chi connectivity index (χ0v) is 23.7. The summed E-state index contributed by atoms with van der Waals surface area (Å²) in [5.41, 5.74) is 8.97. The van der Waals surface area contributed by atoms with Crippen molar-refractivity contribution in [2.45, 2.75) is 120 Å². The average molecular weight is 490 g/mol. The summed E-state index contributed by atoms with van der Waals surface area (Å²) in [6.45, 7) is 17.8. The first-order valence-corrected chi connectivity index (χ1v) is 12.1. The third-order valence-corrected chi connectivity index (χ3v) is 5.40. The molecule has 0 bridgehead atoms. The smallest absolute Gasteiger partial charge is 0 e. The molecule has 2 radical (unpaired) electrons. The van der Waals surface area contributed by atoms with Crippen molar-refractivity contribution in [3.8, 4) is 0 Å². The number of hydrogen-bond acceptors (Lipinski definition) is 0. The van der Waals surface area contributed by atoms with E-state index in [1.54, 1.807) is 0 Å². The van der Waals surface area contributed by atoms with Crippen LogP contribution >= 0.6 is 0 Å². The number of hydrogen-bond donors (Lipinski definition) is 0. The summed E-state index contributed by atoms with van der Waals surface area (Å²) >= 11 is 0. The van der Waals surface area contributed by atoms with E-state index in [4.69, 9.17) is 0 Å². The van der Waals surface area contributed by atoms with E-state index in [0.717, 1.165) is 0 Å². The summed E-state index contributed by atoms with van der Waals surface area (Å²) in [4.78, 5) is 0. The molecule has 0 fully saturated rings. The minimum Gasteiger partial charge on any atom is -0.0856 e. The van der Waals surface area contributed by atoms with Gasteiger partial charge < -0.3 is 0 Å². The van der Waals surface area contributed by atoms with Crippen LogP contribution in [0.15, 0.2) is 69.9 Å². The standard InChI is InChI=1S/C30H50.Se/c1-25(2)15-11-19-29(7)23-13-21-27(5)17-9-10-18-28(6)22-14-24-30(8)20-12-16-26(3)4;/h15-18,23-24H,9-14,19-22H2,1-8H3;/b27-17+,28-18+,29-23+,30-24+;. The Morgan fingerprint density at radius 2 is 0.581 bits per heavy atom. The number of allylic oxidation sites excluding steroid dienone is 12. The number of unbranched alkanes of at least 4 members (excludes halogenated alkanes) is 1. The monoisotopic (exact) mass is 490 g/mol. The first kappa shape index (κ1) is 32.1. The van der Waals surface area contributed by atoms with Crippen LogP contribution in [-0.4, -0.2) is 17.1 Å². The van der Waals surface area contributed by atoms with E-state index in [0.29, 0.717) is 0 Å². The van der Waals surface area contributed by atoms with E-state index in [-0.39, 0.29) is 17.1 Å². The Hall–Kier alpha value is -1.04. The molecule has 0 aromatic carbocycles. The van der Waals surface area contributed by atoms with Gasteiger partial charge in [0.2, 0.25) is 0 Å². The van der Waals surface area contributed by atoms with Crippen LogP contribution in [0, 0.1) is 0 Å². The van der Waals surface area contributed by atoms with E-state index in [1.165, 1.54) is 97.6 Å². The van der Waals surface area contributed by atoms with Gasteiger partial charge in [0, 0.05) is 17.1 Å². The second-order valence-electron chi connectivity index (χ2n) is 9.50. The molecular weight excluding hydrogens is 439 g/mol. The Labute approximate surface area is 206 Å². The first-order chi connectivity index (χ1) is 14.2. The van der Waals surface area contributed by atoms with Gasteiger partial charge in [0.25, 0.3) is 0 Å². The molecule has 0 nitrogen and oxygen atoms in total. The fourth-order valence-corrected chi connectivity index (χ4v) is 3.34. The molecule has 0 heterocycles. The van der Waals surface area contributed by atoms with Gasteiger partial charge in [0.05, 0.1) is 0 Å². The average Bonchev–Trinajstić information content (AvgIpc) is 2.64. The van der Waals surface area contributed by atoms with Crippen molar-refractivity contribution in [1.29, 1.82) is 0 Å². The molecule has 176 valence electrons. The fraction of sp³-hybridized carbons (Fsp3) is 0.600. The van der Waals surface area contributed by atoms with Gasteiger partial charge in [-0.1, -0.05) is 69.9 Å². The van der Waals surface area contributed by atoms with Crippen LogP contribution < -0.4 is 0 Å². The Balaban J connectivity index is 0. The summed E-state index contributed by atoms with van der Waals surface area (Å²) in [5, 5.41) is 0. The summed E-state index contributed by atoms with van der Waals surface area (Å²) in [6, 6.07) is 0. The van der Waals surface area contributed by atoms with Crippen molar-refractivity contribution in [3.63, 3.8) is 0 Å². The van der Waals surface area contributed by atoms with Crippen molar-refractivity contribution < 1.29 is 0 Å². The predicted octanol–water partition coefficient (Wildman–Crippen LogP) is 10.2. The van der Waals surface area contributed by atoms with Crippen LogP contribution in [0.1, 0.15) is 120 Å². The maximum atomic E-state index is 2.43. The van der Waals surface area contributed by atoms with Gasteiger partial charge in [0.1, 0.15) is 0 Å². The Morgan fingerprint density at radius 1 is 0.355 bits per heavy atom. The second-order valence-corrected chi connectivity index (χ2v) is 9.50. The molecule has 0 N–H and O–H groups in total. The SMILES string of the molecule is CC(C)=CCC/C(C)=C/CC/C(C)=C/CC/C=C(\C)CC/C=C(\C)CCC=C(C)C.[Se]. The third kappa shape index (κ3) is 23.5. The van der Waals surface area contributed by atoms with Crippen molar-refractivity contribution in [2.75, 3.05) is 0 Å². The van der Waals surface area contributed by atoms with Crippen LogP contribution in [0.3, 0.4) is 0 Å². The molecule has 0 aliphatic carbocycles. The largest absolute Gasteiger partial charge is 0.0856 e. The third-order valence-electron chi connectivity index (χ3n) is 5.40. The van der Waals surface area contributed by atoms with Gasteiger partial charge >= 0.3 is 0 Å². The molecule has 0 aliphatic heterocycles. The van der Waals surface area contributed by atoms with Crippen LogP contribution in [0.25, 0.3) is 0 Å². The quantitative estimate of drug-likeness (QED) is 0.122. The molecule has 0 aliphatic rings. The van der Waals surface area contributed by atoms with Crippen molar-refractivity contribution in [3.05, 3.63) is 69.9 Å². The van der Waals surface area contributed by atoms with Crippen LogP contribution in [0.4, 0.5) is 0 Å². The van der Waals surface area contributed by atoms with Crippen LogP contribution in [0.2, 0.25) is 0 Å². The Morgan fingerprint density at radius 3 is 0.839 bits per heavy atom.